The number of anilines is 1. The summed E-state index contributed by atoms with van der Waals surface area (Å²) >= 11 is 0. The SMILES string of the molecule is CCOP1(=O)C=CN(c2ccc([N+](=O)[O-])cc2C)C=C1. The molecule has 0 fully saturated rings. The average molecular weight is 294 g/mol. The van der Waals surface area contributed by atoms with Gasteiger partial charge in [-0.3, -0.25) is 14.7 Å². The van der Waals surface area contributed by atoms with Crippen LogP contribution in [-0.2, 0) is 9.09 Å². The molecule has 7 heteroatoms. The minimum atomic E-state index is -2.82. The van der Waals surface area contributed by atoms with Crippen LogP contribution in [0.3, 0.4) is 0 Å². The van der Waals surface area contributed by atoms with Crippen molar-refractivity contribution in [1.82, 2.24) is 0 Å². The van der Waals surface area contributed by atoms with Crippen LogP contribution in [0.1, 0.15) is 12.5 Å². The Balaban J connectivity index is 2.25. The van der Waals surface area contributed by atoms with Gasteiger partial charge in [-0.2, -0.15) is 0 Å². The number of hydrogen-bond donors (Lipinski definition) is 0. The molecule has 0 saturated heterocycles. The van der Waals surface area contributed by atoms with E-state index in [4.69, 9.17) is 4.52 Å². The average Bonchev–Trinajstić information content (AvgIpc) is 2.40. The highest BCUT2D eigenvalue weighted by atomic mass is 31.2. The second-order valence-corrected chi connectivity index (χ2v) is 6.44. The van der Waals surface area contributed by atoms with E-state index in [9.17, 15) is 14.7 Å². The molecule has 6 nitrogen and oxygen atoms in total. The van der Waals surface area contributed by atoms with Crippen LogP contribution in [0.15, 0.2) is 42.2 Å². The second-order valence-electron chi connectivity index (χ2n) is 4.29. The number of benzene rings is 1. The molecule has 20 heavy (non-hydrogen) atoms. The molecule has 0 radical (unpaired) electrons. The van der Waals surface area contributed by atoms with E-state index in [1.807, 2.05) is 0 Å². The van der Waals surface area contributed by atoms with E-state index >= 15 is 0 Å². The summed E-state index contributed by atoms with van der Waals surface area (Å²) in [6.45, 7) is 3.96. The van der Waals surface area contributed by atoms with Gasteiger partial charge in [0.1, 0.15) is 0 Å². The molecule has 1 aromatic rings. The van der Waals surface area contributed by atoms with Gasteiger partial charge in [0.15, 0.2) is 0 Å². The van der Waals surface area contributed by atoms with Gasteiger partial charge in [-0.25, -0.2) is 0 Å². The molecule has 0 unspecified atom stereocenters. The van der Waals surface area contributed by atoms with E-state index in [-0.39, 0.29) is 5.69 Å². The van der Waals surface area contributed by atoms with Crippen LogP contribution < -0.4 is 4.90 Å². The number of hydrogen-bond acceptors (Lipinski definition) is 5. The van der Waals surface area contributed by atoms with Gasteiger partial charge in [0.25, 0.3) is 5.69 Å². The number of non-ortho nitro benzene ring substituents is 1. The molecule has 106 valence electrons. The van der Waals surface area contributed by atoms with E-state index in [0.29, 0.717) is 6.61 Å². The number of rotatable bonds is 4. The summed E-state index contributed by atoms with van der Waals surface area (Å²) in [5.41, 5.74) is 1.61. The third-order valence-corrected chi connectivity index (χ3v) is 4.63. The fourth-order valence-electron chi connectivity index (χ4n) is 1.92. The minimum absolute atomic E-state index is 0.0520. The van der Waals surface area contributed by atoms with Gasteiger partial charge in [0, 0.05) is 41.9 Å². The largest absolute Gasteiger partial charge is 0.323 e. The third kappa shape index (κ3) is 2.98. The van der Waals surface area contributed by atoms with E-state index in [0.717, 1.165) is 11.3 Å². The highest BCUT2D eigenvalue weighted by Gasteiger charge is 2.20. The summed E-state index contributed by atoms with van der Waals surface area (Å²) < 4.78 is 17.3. The molecule has 0 amide bonds. The summed E-state index contributed by atoms with van der Waals surface area (Å²) in [6.07, 6.45) is 3.31. The third-order valence-electron chi connectivity index (χ3n) is 2.87. The fourth-order valence-corrected chi connectivity index (χ4v) is 3.25. The van der Waals surface area contributed by atoms with Crippen LogP contribution >= 0.6 is 7.37 Å². The summed E-state index contributed by atoms with van der Waals surface area (Å²) in [5, 5.41) is 10.7. The molecule has 1 heterocycles. The van der Waals surface area contributed by atoms with Crippen molar-refractivity contribution in [1.29, 1.82) is 0 Å². The monoisotopic (exact) mass is 294 g/mol. The lowest BCUT2D eigenvalue weighted by atomic mass is 10.1. The fraction of sp³-hybridized carbons (Fsp3) is 0.231. The minimum Gasteiger partial charge on any atom is -0.323 e. The zero-order valence-corrected chi connectivity index (χ0v) is 12.1. The van der Waals surface area contributed by atoms with Crippen LogP contribution in [0, 0.1) is 17.0 Å². The first-order chi connectivity index (χ1) is 9.45. The molecule has 0 bridgehead atoms. The summed E-state index contributed by atoms with van der Waals surface area (Å²) in [7, 11) is -2.82. The summed E-state index contributed by atoms with van der Waals surface area (Å²) in [6, 6.07) is 4.62. The van der Waals surface area contributed by atoms with Gasteiger partial charge in [-0.15, -0.1) is 0 Å². The Kier molecular flexibility index (Phi) is 4.06. The van der Waals surface area contributed by atoms with Crippen LogP contribution in [0.2, 0.25) is 0 Å². The molecular weight excluding hydrogens is 279 g/mol. The van der Waals surface area contributed by atoms with E-state index < -0.39 is 12.3 Å². The van der Waals surface area contributed by atoms with Gasteiger partial charge < -0.3 is 9.42 Å². The van der Waals surface area contributed by atoms with Gasteiger partial charge in [0.2, 0.25) is 7.37 Å². The van der Waals surface area contributed by atoms with Crippen LogP contribution in [0.25, 0.3) is 0 Å². The lowest BCUT2D eigenvalue weighted by molar-refractivity contribution is -0.384. The summed E-state index contributed by atoms with van der Waals surface area (Å²) in [4.78, 5) is 12.0. The van der Waals surface area contributed by atoms with Crippen molar-refractivity contribution in [3.05, 3.63) is 57.9 Å². The van der Waals surface area contributed by atoms with Crippen molar-refractivity contribution in [3.63, 3.8) is 0 Å². The lowest BCUT2D eigenvalue weighted by Crippen LogP contribution is -2.11. The Morgan fingerprint density at radius 1 is 1.35 bits per heavy atom. The van der Waals surface area contributed by atoms with Gasteiger partial charge in [-0.05, 0) is 25.5 Å². The van der Waals surface area contributed by atoms with Crippen molar-refractivity contribution >= 4 is 18.7 Å². The van der Waals surface area contributed by atoms with E-state index in [1.54, 1.807) is 37.2 Å². The molecule has 1 aliphatic rings. The predicted molar refractivity (Wildman–Crippen MR) is 77.8 cm³/mol. The normalized spacial score (nSPS) is 16.4. The number of nitrogens with zero attached hydrogens (tertiary/aromatic N) is 2. The van der Waals surface area contributed by atoms with Crippen molar-refractivity contribution in [2.75, 3.05) is 11.5 Å². The maximum Gasteiger partial charge on any atom is 0.269 e. The maximum atomic E-state index is 12.1. The molecule has 0 aromatic heterocycles. The van der Waals surface area contributed by atoms with E-state index in [2.05, 4.69) is 0 Å². The van der Waals surface area contributed by atoms with Crippen molar-refractivity contribution < 1.29 is 14.0 Å². The van der Waals surface area contributed by atoms with Crippen LogP contribution in [0.5, 0.6) is 0 Å². The van der Waals surface area contributed by atoms with Crippen molar-refractivity contribution in [2.45, 2.75) is 13.8 Å². The van der Waals surface area contributed by atoms with Crippen molar-refractivity contribution in [2.24, 2.45) is 0 Å². The molecular formula is C13H15N2O4P. The first-order valence-corrected chi connectivity index (χ1v) is 7.87. The first-order valence-electron chi connectivity index (χ1n) is 6.11. The van der Waals surface area contributed by atoms with Gasteiger partial charge in [-0.1, -0.05) is 0 Å². The molecule has 0 N–H and O–H groups in total. The Labute approximate surface area is 117 Å². The standard InChI is InChI=1S/C13H15N2O4P/c1-3-19-20(18)8-6-14(7-9-20)13-5-4-12(15(16)17)10-11(13)2/h4-10H,3H2,1-2H3. The molecule has 0 aliphatic carbocycles. The molecule has 1 aliphatic heterocycles. The molecule has 0 saturated carbocycles. The molecule has 2 rings (SSSR count). The predicted octanol–water partition coefficient (Wildman–Crippen LogP) is 3.98. The highest BCUT2D eigenvalue weighted by molar-refractivity contribution is 7.65. The quantitative estimate of drug-likeness (QED) is 0.477. The molecule has 0 atom stereocenters. The smallest absolute Gasteiger partial charge is 0.269 e. The van der Waals surface area contributed by atoms with E-state index in [1.165, 1.54) is 23.8 Å². The molecule has 0 spiro atoms. The Hall–Kier alpha value is -1.91. The zero-order valence-electron chi connectivity index (χ0n) is 11.2. The first kappa shape index (κ1) is 14.5. The second kappa shape index (κ2) is 5.61. The van der Waals surface area contributed by atoms with Gasteiger partial charge >= 0.3 is 0 Å². The van der Waals surface area contributed by atoms with Gasteiger partial charge in [0.05, 0.1) is 11.5 Å². The number of nitro benzene ring substituents is 1. The summed E-state index contributed by atoms with van der Waals surface area (Å²) in [5.74, 6) is 3.05. The Morgan fingerprint density at radius 3 is 2.50 bits per heavy atom. The highest BCUT2D eigenvalue weighted by Crippen LogP contribution is 2.52. The Bertz CT molecular complexity index is 621. The topological polar surface area (TPSA) is 72.7 Å². The van der Waals surface area contributed by atoms with Crippen LogP contribution in [-0.4, -0.2) is 11.5 Å². The number of nitro groups is 1. The van der Waals surface area contributed by atoms with Crippen molar-refractivity contribution in [3.8, 4) is 0 Å². The molecule has 1 aromatic carbocycles. The number of aryl methyl sites for hydroxylation is 1. The lowest BCUT2D eigenvalue weighted by Gasteiger charge is -2.23. The zero-order chi connectivity index (χ0) is 14.8. The Morgan fingerprint density at radius 2 is 2.00 bits per heavy atom. The maximum absolute atomic E-state index is 12.1. The van der Waals surface area contributed by atoms with Crippen LogP contribution in [0.4, 0.5) is 11.4 Å².